The van der Waals surface area contributed by atoms with E-state index in [-0.39, 0.29) is 29.2 Å². The smallest absolute Gasteiger partial charge is 0.295 e. The molecule has 7 nitrogen and oxygen atoms in total. The molecular weight excluding hydrogens is 466 g/mol. The Morgan fingerprint density at radius 1 is 1.17 bits per heavy atom. The molecule has 0 spiro atoms. The minimum absolute atomic E-state index is 0.0172. The number of Topliss-reactive ketones (excluding diaryl/α,β-unsaturated/α-hetero) is 1. The van der Waals surface area contributed by atoms with Gasteiger partial charge in [-0.25, -0.2) is 0 Å². The summed E-state index contributed by atoms with van der Waals surface area (Å²) in [5, 5.41) is 11.7. The number of benzene rings is 2. The maximum absolute atomic E-state index is 13.3. The Labute approximate surface area is 209 Å². The highest BCUT2D eigenvalue weighted by atomic mass is 35.5. The fourth-order valence-corrected chi connectivity index (χ4v) is 4.64. The predicted molar refractivity (Wildman–Crippen MR) is 136 cm³/mol. The molecule has 4 rings (SSSR count). The Bertz CT molecular complexity index is 1300. The highest BCUT2D eigenvalue weighted by molar-refractivity contribution is 6.46. The van der Waals surface area contributed by atoms with Crippen LogP contribution in [0.3, 0.4) is 0 Å². The summed E-state index contributed by atoms with van der Waals surface area (Å²) in [6.07, 6.45) is 3.29. The van der Waals surface area contributed by atoms with Gasteiger partial charge in [0.1, 0.15) is 11.5 Å². The van der Waals surface area contributed by atoms with Crippen molar-refractivity contribution in [1.82, 2.24) is 9.88 Å². The third-order valence-electron chi connectivity index (χ3n) is 5.99. The number of aromatic nitrogens is 1. The Balaban J connectivity index is 1.92. The number of methoxy groups -OCH3 is 1. The SMILES string of the molecule is COc1c(Cl)cc(C)cc1/C(O)=C1\C(=O)C(=O)N(Cc2cccnc2)C1c1ccc(N(C)C)cc1. The van der Waals surface area contributed by atoms with E-state index in [4.69, 9.17) is 16.3 Å². The van der Waals surface area contributed by atoms with E-state index >= 15 is 0 Å². The van der Waals surface area contributed by atoms with Gasteiger partial charge in [-0.05, 0) is 53.9 Å². The van der Waals surface area contributed by atoms with Crippen LogP contribution in [-0.2, 0) is 16.1 Å². The average Bonchev–Trinajstić information content (AvgIpc) is 3.08. The van der Waals surface area contributed by atoms with Gasteiger partial charge in [-0.2, -0.15) is 0 Å². The number of pyridine rings is 1. The monoisotopic (exact) mass is 491 g/mol. The number of ketones is 1. The highest BCUT2D eigenvalue weighted by Crippen LogP contribution is 2.43. The van der Waals surface area contributed by atoms with E-state index in [0.29, 0.717) is 10.6 Å². The van der Waals surface area contributed by atoms with E-state index in [0.717, 1.165) is 16.8 Å². The molecule has 0 aliphatic carbocycles. The number of aliphatic hydroxyl groups excluding tert-OH is 1. The van der Waals surface area contributed by atoms with Gasteiger partial charge in [-0.3, -0.25) is 14.6 Å². The molecular formula is C27H26ClN3O4. The second kappa shape index (κ2) is 9.80. The molecule has 2 heterocycles. The summed E-state index contributed by atoms with van der Waals surface area (Å²) in [6, 6.07) is 13.7. The number of carbonyl (C=O) groups excluding carboxylic acids is 2. The van der Waals surface area contributed by atoms with Crippen molar-refractivity contribution in [3.63, 3.8) is 0 Å². The van der Waals surface area contributed by atoms with Crippen LogP contribution in [0.1, 0.15) is 28.3 Å². The topological polar surface area (TPSA) is 83.0 Å². The first-order chi connectivity index (χ1) is 16.7. The second-order valence-corrected chi connectivity index (χ2v) is 9.01. The lowest BCUT2D eigenvalue weighted by Gasteiger charge is -2.26. The van der Waals surface area contributed by atoms with E-state index < -0.39 is 17.7 Å². The van der Waals surface area contributed by atoms with Gasteiger partial charge in [0, 0.05) is 38.7 Å². The minimum atomic E-state index is -0.810. The molecule has 35 heavy (non-hydrogen) atoms. The molecule has 3 aromatic rings. The van der Waals surface area contributed by atoms with Crippen molar-refractivity contribution in [3.8, 4) is 5.75 Å². The number of hydrogen-bond acceptors (Lipinski definition) is 6. The summed E-state index contributed by atoms with van der Waals surface area (Å²) >= 11 is 6.35. The Kier molecular flexibility index (Phi) is 6.80. The number of amides is 1. The molecule has 1 aromatic heterocycles. The van der Waals surface area contributed by atoms with Gasteiger partial charge >= 0.3 is 0 Å². The highest BCUT2D eigenvalue weighted by Gasteiger charge is 2.46. The lowest BCUT2D eigenvalue weighted by Crippen LogP contribution is -2.29. The number of carbonyl (C=O) groups is 2. The average molecular weight is 492 g/mol. The normalized spacial score (nSPS) is 17.1. The number of ether oxygens (including phenoxy) is 1. The van der Waals surface area contributed by atoms with Crippen LogP contribution in [0.2, 0.25) is 5.02 Å². The van der Waals surface area contributed by atoms with Crippen molar-refractivity contribution < 1.29 is 19.4 Å². The zero-order valence-electron chi connectivity index (χ0n) is 19.9. The summed E-state index contributed by atoms with van der Waals surface area (Å²) < 4.78 is 5.43. The molecule has 0 bridgehead atoms. The van der Waals surface area contributed by atoms with Gasteiger partial charge in [0.15, 0.2) is 0 Å². The molecule has 2 aromatic carbocycles. The van der Waals surface area contributed by atoms with Crippen LogP contribution in [0.15, 0.2) is 66.5 Å². The number of halogens is 1. The first-order valence-electron chi connectivity index (χ1n) is 11.0. The van der Waals surface area contributed by atoms with Crippen LogP contribution in [0.25, 0.3) is 5.76 Å². The molecule has 1 aliphatic rings. The van der Waals surface area contributed by atoms with Crippen molar-refractivity contribution >= 4 is 34.7 Å². The van der Waals surface area contributed by atoms with Gasteiger partial charge in [-0.15, -0.1) is 0 Å². The number of anilines is 1. The third-order valence-corrected chi connectivity index (χ3v) is 6.27. The Hall–Kier alpha value is -3.84. The first-order valence-corrected chi connectivity index (χ1v) is 11.4. The van der Waals surface area contributed by atoms with Gasteiger partial charge < -0.3 is 19.6 Å². The standard InChI is InChI=1S/C27H26ClN3O4/c1-16-12-20(26(35-4)21(28)13-16)24(32)22-23(18-7-9-19(10-8-18)30(2)3)31(27(34)25(22)33)15-17-6-5-11-29-14-17/h5-14,23,32H,15H2,1-4H3/b24-22+. The molecule has 1 fully saturated rings. The second-order valence-electron chi connectivity index (χ2n) is 8.60. The number of hydrogen-bond donors (Lipinski definition) is 1. The van der Waals surface area contributed by atoms with Gasteiger partial charge in [0.25, 0.3) is 11.7 Å². The van der Waals surface area contributed by atoms with E-state index in [1.165, 1.54) is 12.0 Å². The molecule has 1 atom stereocenters. The zero-order chi connectivity index (χ0) is 25.3. The summed E-state index contributed by atoms with van der Waals surface area (Å²) in [5.74, 6) is -1.57. The van der Waals surface area contributed by atoms with Crippen LogP contribution >= 0.6 is 11.6 Å². The fraction of sp³-hybridized carbons (Fsp3) is 0.222. The number of aliphatic hydroxyl groups is 1. The fourth-order valence-electron chi connectivity index (χ4n) is 4.29. The van der Waals surface area contributed by atoms with E-state index in [1.807, 2.05) is 56.3 Å². The van der Waals surface area contributed by atoms with Gasteiger partial charge in [0.2, 0.25) is 0 Å². The number of rotatable bonds is 6. The Morgan fingerprint density at radius 2 is 1.89 bits per heavy atom. The number of nitrogens with zero attached hydrogens (tertiary/aromatic N) is 3. The van der Waals surface area contributed by atoms with Crippen LogP contribution in [0.4, 0.5) is 5.69 Å². The predicted octanol–water partition coefficient (Wildman–Crippen LogP) is 4.74. The summed E-state index contributed by atoms with van der Waals surface area (Å²) in [5.41, 5.74) is 3.43. The maximum atomic E-state index is 13.3. The number of aryl methyl sites for hydroxylation is 1. The molecule has 1 saturated heterocycles. The molecule has 8 heteroatoms. The van der Waals surface area contributed by atoms with Gasteiger partial charge in [-0.1, -0.05) is 29.8 Å². The van der Waals surface area contributed by atoms with Crippen LogP contribution in [0.5, 0.6) is 5.75 Å². The molecule has 1 aliphatic heterocycles. The number of likely N-dealkylation sites (tertiary alicyclic amines) is 1. The van der Waals surface area contributed by atoms with Crippen molar-refractivity contribution in [1.29, 1.82) is 0 Å². The third kappa shape index (κ3) is 4.59. The molecule has 0 radical (unpaired) electrons. The van der Waals surface area contributed by atoms with Crippen LogP contribution < -0.4 is 9.64 Å². The summed E-state index contributed by atoms with van der Waals surface area (Å²) in [4.78, 5) is 34.1. The van der Waals surface area contributed by atoms with Crippen molar-refractivity contribution in [2.75, 3.05) is 26.1 Å². The summed E-state index contributed by atoms with van der Waals surface area (Å²) in [6.45, 7) is 1.97. The van der Waals surface area contributed by atoms with Gasteiger partial charge in [0.05, 0.1) is 29.3 Å². The first kappa shape index (κ1) is 24.3. The maximum Gasteiger partial charge on any atom is 0.295 e. The van der Waals surface area contributed by atoms with E-state index in [2.05, 4.69) is 4.98 Å². The molecule has 1 unspecified atom stereocenters. The molecule has 1 amide bonds. The van der Waals surface area contributed by atoms with Crippen molar-refractivity contribution in [2.45, 2.75) is 19.5 Å². The van der Waals surface area contributed by atoms with Crippen LogP contribution in [-0.4, -0.2) is 47.9 Å². The van der Waals surface area contributed by atoms with Crippen LogP contribution in [0, 0.1) is 6.92 Å². The minimum Gasteiger partial charge on any atom is -0.507 e. The lowest BCUT2D eigenvalue weighted by atomic mass is 9.94. The molecule has 1 N–H and O–H groups in total. The van der Waals surface area contributed by atoms with E-state index in [1.54, 1.807) is 30.6 Å². The summed E-state index contributed by atoms with van der Waals surface area (Å²) in [7, 11) is 5.29. The molecule has 180 valence electrons. The van der Waals surface area contributed by atoms with Crippen molar-refractivity contribution in [3.05, 3.63) is 93.8 Å². The largest absolute Gasteiger partial charge is 0.507 e. The van der Waals surface area contributed by atoms with E-state index in [9.17, 15) is 14.7 Å². The van der Waals surface area contributed by atoms with Crippen molar-refractivity contribution in [2.24, 2.45) is 0 Å². The lowest BCUT2D eigenvalue weighted by molar-refractivity contribution is -0.140. The molecule has 0 saturated carbocycles. The quantitative estimate of drug-likeness (QED) is 0.304. The Morgan fingerprint density at radius 3 is 2.49 bits per heavy atom. The zero-order valence-corrected chi connectivity index (χ0v) is 20.7.